The molecule has 0 aliphatic carbocycles. The first kappa shape index (κ1) is 17.3. The van der Waals surface area contributed by atoms with Crippen molar-refractivity contribution in [2.24, 2.45) is 0 Å². The van der Waals surface area contributed by atoms with Crippen molar-refractivity contribution in [2.45, 2.75) is 33.0 Å². The monoisotopic (exact) mass is 293 g/mol. The van der Waals surface area contributed by atoms with E-state index in [1.807, 2.05) is 13.8 Å². The predicted octanol–water partition coefficient (Wildman–Crippen LogP) is 2.41. The lowest BCUT2D eigenvalue weighted by atomic mass is 10.1. The molecule has 0 saturated heterocycles. The zero-order chi connectivity index (χ0) is 15.5. The van der Waals surface area contributed by atoms with Crippen LogP contribution in [0.2, 0.25) is 0 Å². The van der Waals surface area contributed by atoms with Gasteiger partial charge in [0.15, 0.2) is 12.6 Å². The summed E-state index contributed by atoms with van der Waals surface area (Å²) in [5.41, 5.74) is 0.801. The number of hydrogen-bond acceptors (Lipinski definition) is 4. The van der Waals surface area contributed by atoms with Crippen molar-refractivity contribution in [3.63, 3.8) is 0 Å². The topological polar surface area (TPSA) is 64.6 Å². The van der Waals surface area contributed by atoms with E-state index in [-0.39, 0.29) is 12.2 Å². The molecule has 1 amide bonds. The van der Waals surface area contributed by atoms with Crippen LogP contribution in [-0.4, -0.2) is 38.2 Å². The second-order valence-corrected chi connectivity index (χ2v) is 4.44. The number of carbonyl (C=O) groups is 2. The molecule has 1 N–H and O–H groups in total. The molecule has 0 spiro atoms. The third kappa shape index (κ3) is 6.06. The normalized spacial score (nSPS) is 10.6. The second-order valence-electron chi connectivity index (χ2n) is 4.44. The summed E-state index contributed by atoms with van der Waals surface area (Å²) in [6, 6.07) is 6.74. The molecule has 0 heterocycles. The molecule has 5 nitrogen and oxygen atoms in total. The highest BCUT2D eigenvalue weighted by atomic mass is 16.7. The van der Waals surface area contributed by atoms with Crippen LogP contribution in [0.1, 0.15) is 47.4 Å². The van der Waals surface area contributed by atoms with Crippen LogP contribution in [0.3, 0.4) is 0 Å². The molecular weight excluding hydrogens is 270 g/mol. The number of aldehydes is 1. The summed E-state index contributed by atoms with van der Waals surface area (Å²) >= 11 is 0. The molecule has 0 aliphatic heterocycles. The predicted molar refractivity (Wildman–Crippen MR) is 80.4 cm³/mol. The van der Waals surface area contributed by atoms with E-state index in [0.29, 0.717) is 37.2 Å². The van der Waals surface area contributed by atoms with Crippen molar-refractivity contribution in [1.29, 1.82) is 0 Å². The summed E-state index contributed by atoms with van der Waals surface area (Å²) in [5, 5.41) is 2.80. The molecule has 0 saturated carbocycles. The first-order valence-electron chi connectivity index (χ1n) is 7.28. The maximum absolute atomic E-state index is 12.0. The van der Waals surface area contributed by atoms with Crippen LogP contribution in [0, 0.1) is 0 Å². The van der Waals surface area contributed by atoms with E-state index >= 15 is 0 Å². The summed E-state index contributed by atoms with van der Waals surface area (Å²) in [4.78, 5) is 22.9. The molecule has 1 rings (SSSR count). The Hall–Kier alpha value is -1.72. The zero-order valence-corrected chi connectivity index (χ0v) is 12.6. The number of hydrogen-bond donors (Lipinski definition) is 1. The quantitative estimate of drug-likeness (QED) is 0.409. The van der Waals surface area contributed by atoms with Gasteiger partial charge in [0.1, 0.15) is 0 Å². The van der Waals surface area contributed by atoms with E-state index in [9.17, 15) is 9.59 Å². The number of nitrogens with one attached hydrogen (secondary N) is 1. The Morgan fingerprint density at radius 1 is 1.24 bits per heavy atom. The van der Waals surface area contributed by atoms with Crippen molar-refractivity contribution >= 4 is 12.2 Å². The molecule has 21 heavy (non-hydrogen) atoms. The van der Waals surface area contributed by atoms with Crippen molar-refractivity contribution < 1.29 is 19.1 Å². The fourth-order valence-electron chi connectivity index (χ4n) is 1.96. The molecule has 0 fully saturated rings. The molecule has 0 bridgehead atoms. The molecule has 116 valence electrons. The van der Waals surface area contributed by atoms with Gasteiger partial charge in [-0.2, -0.15) is 0 Å². The molecule has 0 radical (unpaired) electrons. The third-order valence-electron chi connectivity index (χ3n) is 2.94. The van der Waals surface area contributed by atoms with Gasteiger partial charge >= 0.3 is 0 Å². The average molecular weight is 293 g/mol. The summed E-state index contributed by atoms with van der Waals surface area (Å²) in [5.74, 6) is -0.234. The Kier molecular flexibility index (Phi) is 8.31. The Morgan fingerprint density at radius 2 is 1.90 bits per heavy atom. The molecule has 1 aromatic rings. The summed E-state index contributed by atoms with van der Waals surface area (Å²) in [6.07, 6.45) is 1.94. The van der Waals surface area contributed by atoms with Gasteiger partial charge in [0, 0.05) is 37.3 Å². The van der Waals surface area contributed by atoms with Gasteiger partial charge in [-0.25, -0.2) is 0 Å². The molecule has 0 aliphatic rings. The maximum Gasteiger partial charge on any atom is 0.252 e. The second kappa shape index (κ2) is 10.1. The number of rotatable bonds is 10. The number of benzene rings is 1. The molecule has 1 aromatic carbocycles. The van der Waals surface area contributed by atoms with Gasteiger partial charge in [-0.1, -0.05) is 18.2 Å². The Balaban J connectivity index is 2.38. The van der Waals surface area contributed by atoms with Crippen LogP contribution in [0.5, 0.6) is 0 Å². The standard InChI is InChI=1S/C16H23NO4/c1-3-20-15(21-4-2)10-7-11-17-16(19)14-9-6-5-8-13(14)12-18/h5-6,8-9,12,15H,3-4,7,10-11H2,1-2H3,(H,17,19). The lowest BCUT2D eigenvalue weighted by molar-refractivity contribution is -0.139. The van der Waals surface area contributed by atoms with Crippen molar-refractivity contribution in [1.82, 2.24) is 5.32 Å². The first-order valence-corrected chi connectivity index (χ1v) is 7.28. The maximum atomic E-state index is 12.0. The van der Waals surface area contributed by atoms with Crippen LogP contribution in [0.4, 0.5) is 0 Å². The van der Waals surface area contributed by atoms with Gasteiger partial charge < -0.3 is 14.8 Å². The van der Waals surface area contributed by atoms with Gasteiger partial charge in [0.25, 0.3) is 5.91 Å². The largest absolute Gasteiger partial charge is 0.353 e. The fraction of sp³-hybridized carbons (Fsp3) is 0.500. The van der Waals surface area contributed by atoms with Gasteiger partial charge in [-0.15, -0.1) is 0 Å². The van der Waals surface area contributed by atoms with Gasteiger partial charge in [0.2, 0.25) is 0 Å². The first-order chi connectivity index (χ1) is 10.2. The molecule has 0 atom stereocenters. The highest BCUT2D eigenvalue weighted by Gasteiger charge is 2.11. The van der Waals surface area contributed by atoms with E-state index in [4.69, 9.17) is 9.47 Å². The van der Waals surface area contributed by atoms with Crippen LogP contribution >= 0.6 is 0 Å². The molecule has 0 unspecified atom stereocenters. The fourth-order valence-corrected chi connectivity index (χ4v) is 1.96. The summed E-state index contributed by atoms with van der Waals surface area (Å²) in [7, 11) is 0. The summed E-state index contributed by atoms with van der Waals surface area (Å²) in [6.45, 7) is 5.56. The van der Waals surface area contributed by atoms with Crippen LogP contribution in [0.25, 0.3) is 0 Å². The summed E-state index contributed by atoms with van der Waals surface area (Å²) < 4.78 is 10.9. The average Bonchev–Trinajstić information content (AvgIpc) is 2.51. The highest BCUT2D eigenvalue weighted by molar-refractivity contribution is 6.01. The lowest BCUT2D eigenvalue weighted by Crippen LogP contribution is -2.27. The van der Waals surface area contributed by atoms with E-state index in [2.05, 4.69) is 5.32 Å². The Morgan fingerprint density at radius 3 is 2.52 bits per heavy atom. The van der Waals surface area contributed by atoms with Gasteiger partial charge in [-0.3, -0.25) is 9.59 Å². The number of carbonyl (C=O) groups excluding carboxylic acids is 2. The van der Waals surface area contributed by atoms with E-state index in [1.54, 1.807) is 24.3 Å². The van der Waals surface area contributed by atoms with E-state index in [0.717, 1.165) is 12.8 Å². The van der Waals surface area contributed by atoms with E-state index in [1.165, 1.54) is 0 Å². The number of ether oxygens (including phenoxy) is 2. The number of amides is 1. The van der Waals surface area contributed by atoms with Crippen molar-refractivity contribution in [3.8, 4) is 0 Å². The molecular formula is C16H23NO4. The molecule has 0 aromatic heterocycles. The van der Waals surface area contributed by atoms with Crippen LogP contribution < -0.4 is 5.32 Å². The van der Waals surface area contributed by atoms with Gasteiger partial charge in [-0.05, 0) is 26.3 Å². The van der Waals surface area contributed by atoms with Crippen LogP contribution in [0.15, 0.2) is 24.3 Å². The third-order valence-corrected chi connectivity index (χ3v) is 2.94. The minimum absolute atomic E-state index is 0.223. The minimum atomic E-state index is -0.234. The van der Waals surface area contributed by atoms with Crippen molar-refractivity contribution in [2.75, 3.05) is 19.8 Å². The van der Waals surface area contributed by atoms with Crippen molar-refractivity contribution in [3.05, 3.63) is 35.4 Å². The Bertz CT molecular complexity index is 442. The lowest BCUT2D eigenvalue weighted by Gasteiger charge is -2.16. The highest BCUT2D eigenvalue weighted by Crippen LogP contribution is 2.07. The SMILES string of the molecule is CCOC(CCCNC(=O)c1ccccc1C=O)OCC. The van der Waals surface area contributed by atoms with Gasteiger partial charge in [0.05, 0.1) is 0 Å². The van der Waals surface area contributed by atoms with E-state index < -0.39 is 0 Å². The smallest absolute Gasteiger partial charge is 0.252 e. The Labute approximate surface area is 125 Å². The minimum Gasteiger partial charge on any atom is -0.353 e. The zero-order valence-electron chi connectivity index (χ0n) is 12.6. The van der Waals surface area contributed by atoms with Crippen LogP contribution in [-0.2, 0) is 9.47 Å². The molecule has 5 heteroatoms.